The Bertz CT molecular complexity index is 414. The van der Waals surface area contributed by atoms with Gasteiger partial charge in [0.05, 0.1) is 0 Å². The van der Waals surface area contributed by atoms with E-state index in [0.717, 1.165) is 27.4 Å². The molecule has 1 rings (SSSR count). The number of halogens is 2. The summed E-state index contributed by atoms with van der Waals surface area (Å²) in [4.78, 5) is 12.2. The van der Waals surface area contributed by atoms with Crippen molar-refractivity contribution in [2.24, 2.45) is 0 Å². The maximum Gasteiger partial charge on any atom is 0.252 e. The van der Waals surface area contributed by atoms with Gasteiger partial charge >= 0.3 is 0 Å². The summed E-state index contributed by atoms with van der Waals surface area (Å²) >= 11 is 6.83. The molecule has 0 aromatic heterocycles. The van der Waals surface area contributed by atoms with Gasteiger partial charge in [-0.3, -0.25) is 4.79 Å². The van der Waals surface area contributed by atoms with Crippen LogP contribution in [0.15, 0.2) is 22.7 Å². The molecule has 0 spiro atoms. The van der Waals surface area contributed by atoms with Gasteiger partial charge < -0.3 is 5.32 Å². The van der Waals surface area contributed by atoms with Crippen molar-refractivity contribution in [1.82, 2.24) is 5.32 Å². The highest BCUT2D eigenvalue weighted by Crippen LogP contribution is 2.18. The maximum absolute atomic E-state index is 12.2. The number of hydrogen-bond donors (Lipinski definition) is 1. The molecule has 0 aliphatic rings. The highest BCUT2D eigenvalue weighted by atomic mass is 79.9. The quantitative estimate of drug-likeness (QED) is 0.804. The van der Waals surface area contributed by atoms with Crippen molar-refractivity contribution < 1.29 is 4.79 Å². The van der Waals surface area contributed by atoms with Gasteiger partial charge in [-0.1, -0.05) is 44.8 Å². The number of amides is 1. The van der Waals surface area contributed by atoms with E-state index in [1.165, 1.54) is 0 Å². The molecule has 0 fully saturated rings. The minimum absolute atomic E-state index is 0.0207. The topological polar surface area (TPSA) is 29.1 Å². The van der Waals surface area contributed by atoms with Gasteiger partial charge in [0.2, 0.25) is 0 Å². The van der Waals surface area contributed by atoms with E-state index in [1.54, 1.807) is 0 Å². The molecule has 1 atom stereocenters. The number of carbonyl (C=O) groups is 1. The Labute approximate surface area is 119 Å². The van der Waals surface area contributed by atoms with E-state index in [-0.39, 0.29) is 11.4 Å². The third-order valence-corrected chi connectivity index (χ3v) is 4.67. The highest BCUT2D eigenvalue weighted by Gasteiger charge is 2.24. The summed E-state index contributed by atoms with van der Waals surface area (Å²) < 4.78 is 0.922. The second kappa shape index (κ2) is 6.01. The van der Waals surface area contributed by atoms with Gasteiger partial charge in [-0.15, -0.1) is 0 Å². The zero-order valence-electron chi connectivity index (χ0n) is 10.3. The first kappa shape index (κ1) is 14.7. The Morgan fingerprint density at radius 2 is 2.12 bits per heavy atom. The van der Waals surface area contributed by atoms with Crippen LogP contribution in [0.3, 0.4) is 0 Å². The molecule has 0 aliphatic carbocycles. The maximum atomic E-state index is 12.2. The molecular weight excluding hydrogens is 346 g/mol. The van der Waals surface area contributed by atoms with Crippen molar-refractivity contribution in [2.45, 2.75) is 32.7 Å². The minimum Gasteiger partial charge on any atom is -0.346 e. The molecule has 1 N–H and O–H groups in total. The summed E-state index contributed by atoms with van der Waals surface area (Å²) in [7, 11) is 0. The lowest BCUT2D eigenvalue weighted by molar-refractivity contribution is 0.0912. The molecule has 94 valence electrons. The first-order valence-corrected chi connectivity index (χ1v) is 7.48. The van der Waals surface area contributed by atoms with Crippen molar-refractivity contribution in [2.75, 3.05) is 5.33 Å². The molecule has 2 nitrogen and oxygen atoms in total. The first-order chi connectivity index (χ1) is 7.91. The van der Waals surface area contributed by atoms with Crippen LogP contribution in [0.4, 0.5) is 0 Å². The van der Waals surface area contributed by atoms with Gasteiger partial charge in [0.15, 0.2) is 0 Å². The predicted molar refractivity (Wildman–Crippen MR) is 78.8 cm³/mol. The van der Waals surface area contributed by atoms with Crippen LogP contribution in [0.25, 0.3) is 0 Å². The molecule has 1 aromatic rings. The van der Waals surface area contributed by atoms with E-state index in [4.69, 9.17) is 0 Å². The minimum atomic E-state index is -0.203. The SMILES string of the molecule is CCC(C)(CBr)NC(=O)c1cc(Br)ccc1C. The molecule has 0 bridgehead atoms. The lowest BCUT2D eigenvalue weighted by Crippen LogP contribution is -2.47. The fraction of sp³-hybridized carbons (Fsp3) is 0.462. The second-order valence-electron chi connectivity index (χ2n) is 4.46. The number of hydrogen-bond acceptors (Lipinski definition) is 1. The van der Waals surface area contributed by atoms with Gasteiger partial charge in [-0.2, -0.15) is 0 Å². The normalized spacial score (nSPS) is 14.2. The van der Waals surface area contributed by atoms with Crippen LogP contribution in [0, 0.1) is 6.92 Å². The Morgan fingerprint density at radius 1 is 1.47 bits per heavy atom. The van der Waals surface area contributed by atoms with Crippen molar-refractivity contribution in [3.8, 4) is 0 Å². The molecule has 0 saturated heterocycles. The molecule has 4 heteroatoms. The van der Waals surface area contributed by atoms with E-state index >= 15 is 0 Å². The Kier molecular flexibility index (Phi) is 5.20. The van der Waals surface area contributed by atoms with Crippen molar-refractivity contribution in [3.63, 3.8) is 0 Å². The number of carbonyl (C=O) groups excluding carboxylic acids is 1. The van der Waals surface area contributed by atoms with E-state index in [2.05, 4.69) is 44.1 Å². The van der Waals surface area contributed by atoms with Gasteiger partial charge in [-0.05, 0) is 38.0 Å². The summed E-state index contributed by atoms with van der Waals surface area (Å²) in [5.74, 6) is -0.0207. The molecule has 0 aliphatic heterocycles. The Balaban J connectivity index is 2.94. The number of aryl methyl sites for hydroxylation is 1. The molecule has 17 heavy (non-hydrogen) atoms. The third kappa shape index (κ3) is 3.81. The second-order valence-corrected chi connectivity index (χ2v) is 5.94. The number of benzene rings is 1. The van der Waals surface area contributed by atoms with Crippen LogP contribution < -0.4 is 5.32 Å². The molecule has 1 unspecified atom stereocenters. The largest absolute Gasteiger partial charge is 0.346 e. The summed E-state index contributed by atoms with van der Waals surface area (Å²) in [6.07, 6.45) is 0.886. The third-order valence-electron chi connectivity index (χ3n) is 2.93. The van der Waals surface area contributed by atoms with Crippen LogP contribution in [0.1, 0.15) is 36.2 Å². The predicted octanol–water partition coefficient (Wildman–Crippen LogP) is 4.05. The molecule has 0 heterocycles. The molecule has 1 aromatic carbocycles. The number of rotatable bonds is 4. The van der Waals surface area contributed by atoms with Gasteiger partial charge in [0.25, 0.3) is 5.91 Å². The number of nitrogens with one attached hydrogen (secondary N) is 1. The lowest BCUT2D eigenvalue weighted by atomic mass is 10.0. The first-order valence-electron chi connectivity index (χ1n) is 5.56. The fourth-order valence-corrected chi connectivity index (χ4v) is 2.29. The van der Waals surface area contributed by atoms with E-state index in [0.29, 0.717) is 0 Å². The highest BCUT2D eigenvalue weighted by molar-refractivity contribution is 9.10. The van der Waals surface area contributed by atoms with Gasteiger partial charge in [0, 0.05) is 20.9 Å². The molecule has 0 saturated carbocycles. The number of alkyl halides is 1. The van der Waals surface area contributed by atoms with Crippen LogP contribution in [-0.2, 0) is 0 Å². The Morgan fingerprint density at radius 3 is 2.65 bits per heavy atom. The summed E-state index contributed by atoms with van der Waals surface area (Å²) in [6, 6.07) is 5.74. The summed E-state index contributed by atoms with van der Waals surface area (Å²) in [5, 5.41) is 3.82. The van der Waals surface area contributed by atoms with Crippen molar-refractivity contribution in [3.05, 3.63) is 33.8 Å². The van der Waals surface area contributed by atoms with E-state index in [9.17, 15) is 4.79 Å². The zero-order valence-corrected chi connectivity index (χ0v) is 13.5. The van der Waals surface area contributed by atoms with E-state index in [1.807, 2.05) is 32.0 Å². The van der Waals surface area contributed by atoms with Crippen LogP contribution >= 0.6 is 31.9 Å². The van der Waals surface area contributed by atoms with Crippen molar-refractivity contribution >= 4 is 37.8 Å². The van der Waals surface area contributed by atoms with Crippen molar-refractivity contribution in [1.29, 1.82) is 0 Å². The average molecular weight is 363 g/mol. The zero-order chi connectivity index (χ0) is 13.1. The van der Waals surface area contributed by atoms with Gasteiger partial charge in [-0.25, -0.2) is 0 Å². The molecule has 1 amide bonds. The summed E-state index contributed by atoms with van der Waals surface area (Å²) in [6.45, 7) is 6.04. The Hall–Kier alpha value is -0.350. The van der Waals surface area contributed by atoms with Gasteiger partial charge in [0.1, 0.15) is 0 Å². The molecular formula is C13H17Br2NO. The standard InChI is InChI=1S/C13H17Br2NO/c1-4-13(3,8-14)16-12(17)11-7-10(15)6-5-9(11)2/h5-7H,4,8H2,1-3H3,(H,16,17). The van der Waals surface area contributed by atoms with Crippen LogP contribution in [0.5, 0.6) is 0 Å². The average Bonchev–Trinajstić information content (AvgIpc) is 2.32. The molecule has 0 radical (unpaired) electrons. The smallest absolute Gasteiger partial charge is 0.252 e. The summed E-state index contributed by atoms with van der Waals surface area (Å²) in [5.41, 5.74) is 1.50. The fourth-order valence-electron chi connectivity index (χ4n) is 1.40. The van der Waals surface area contributed by atoms with Crippen LogP contribution in [0.2, 0.25) is 0 Å². The monoisotopic (exact) mass is 361 g/mol. The van der Waals surface area contributed by atoms with E-state index < -0.39 is 0 Å². The van der Waals surface area contributed by atoms with Crippen LogP contribution in [-0.4, -0.2) is 16.8 Å². The lowest BCUT2D eigenvalue weighted by Gasteiger charge is -2.27.